The molecule has 130 valence electrons. The van der Waals surface area contributed by atoms with Crippen molar-refractivity contribution < 1.29 is 18.4 Å². The molecule has 3 rings (SSSR count). The van der Waals surface area contributed by atoms with E-state index in [1.165, 1.54) is 6.07 Å². The Morgan fingerprint density at radius 2 is 1.76 bits per heavy atom. The maximum absolute atomic E-state index is 13.5. The van der Waals surface area contributed by atoms with Crippen LogP contribution in [0.1, 0.15) is 6.42 Å². The topological polar surface area (TPSA) is 61.4 Å². The van der Waals surface area contributed by atoms with Crippen LogP contribution in [0.3, 0.4) is 0 Å². The van der Waals surface area contributed by atoms with E-state index in [4.69, 9.17) is 0 Å². The van der Waals surface area contributed by atoms with Crippen LogP contribution in [0.5, 0.6) is 0 Å². The first-order valence-electron chi connectivity index (χ1n) is 7.89. The molecule has 2 aromatic rings. The van der Waals surface area contributed by atoms with Gasteiger partial charge in [-0.25, -0.2) is 13.6 Å². The monoisotopic (exact) mass is 345 g/mol. The van der Waals surface area contributed by atoms with Crippen molar-refractivity contribution >= 4 is 23.3 Å². The number of anilines is 2. The van der Waals surface area contributed by atoms with Crippen LogP contribution >= 0.6 is 0 Å². The van der Waals surface area contributed by atoms with Gasteiger partial charge in [0.15, 0.2) is 0 Å². The van der Waals surface area contributed by atoms with Crippen molar-refractivity contribution in [2.45, 2.75) is 6.42 Å². The first-order valence-corrected chi connectivity index (χ1v) is 7.89. The van der Waals surface area contributed by atoms with E-state index >= 15 is 0 Å². The zero-order valence-electron chi connectivity index (χ0n) is 13.3. The molecular weight excluding hydrogens is 328 g/mol. The van der Waals surface area contributed by atoms with Crippen molar-refractivity contribution in [3.05, 3.63) is 60.2 Å². The molecule has 0 saturated carbocycles. The highest BCUT2D eigenvalue weighted by atomic mass is 19.1. The Hall–Kier alpha value is -2.96. The van der Waals surface area contributed by atoms with Gasteiger partial charge < -0.3 is 15.5 Å². The number of benzene rings is 2. The van der Waals surface area contributed by atoms with Crippen LogP contribution in [0, 0.1) is 17.6 Å². The van der Waals surface area contributed by atoms with Crippen molar-refractivity contribution in [2.24, 2.45) is 5.92 Å². The van der Waals surface area contributed by atoms with E-state index in [0.717, 1.165) is 17.8 Å². The second-order valence-corrected chi connectivity index (χ2v) is 5.84. The predicted octanol–water partition coefficient (Wildman–Crippen LogP) is 3.14. The lowest BCUT2D eigenvalue weighted by Crippen LogP contribution is -2.34. The predicted molar refractivity (Wildman–Crippen MR) is 90.3 cm³/mol. The summed E-state index contributed by atoms with van der Waals surface area (Å²) in [5.74, 6) is -1.77. The van der Waals surface area contributed by atoms with E-state index in [-0.39, 0.29) is 18.4 Å². The second kappa shape index (κ2) is 7.29. The van der Waals surface area contributed by atoms with Gasteiger partial charge in [-0.05, 0) is 24.3 Å². The molecule has 1 heterocycles. The van der Waals surface area contributed by atoms with Crippen molar-refractivity contribution in [3.8, 4) is 0 Å². The quantitative estimate of drug-likeness (QED) is 0.894. The fourth-order valence-corrected chi connectivity index (χ4v) is 2.79. The number of hydrogen-bond acceptors (Lipinski definition) is 2. The van der Waals surface area contributed by atoms with Crippen molar-refractivity contribution in [3.63, 3.8) is 0 Å². The van der Waals surface area contributed by atoms with E-state index < -0.39 is 23.4 Å². The van der Waals surface area contributed by atoms with Crippen LogP contribution in [0.2, 0.25) is 0 Å². The van der Waals surface area contributed by atoms with E-state index in [1.54, 1.807) is 4.90 Å². The summed E-state index contributed by atoms with van der Waals surface area (Å²) in [5, 5.41) is 4.72. The molecule has 25 heavy (non-hydrogen) atoms. The lowest BCUT2D eigenvalue weighted by atomic mass is 10.1. The number of rotatable bonds is 4. The van der Waals surface area contributed by atoms with Gasteiger partial charge in [0.05, 0.1) is 0 Å². The van der Waals surface area contributed by atoms with E-state index in [1.807, 2.05) is 30.3 Å². The number of halogens is 2. The van der Waals surface area contributed by atoms with Crippen LogP contribution in [-0.2, 0) is 4.79 Å². The van der Waals surface area contributed by atoms with Crippen molar-refractivity contribution in [2.75, 3.05) is 23.3 Å². The highest BCUT2D eigenvalue weighted by molar-refractivity contribution is 5.96. The van der Waals surface area contributed by atoms with Gasteiger partial charge in [-0.1, -0.05) is 24.3 Å². The van der Waals surface area contributed by atoms with Crippen LogP contribution in [0.4, 0.5) is 25.0 Å². The van der Waals surface area contributed by atoms with Crippen LogP contribution in [-0.4, -0.2) is 25.0 Å². The summed E-state index contributed by atoms with van der Waals surface area (Å²) in [4.78, 5) is 25.6. The molecule has 1 saturated heterocycles. The summed E-state index contributed by atoms with van der Waals surface area (Å²) in [7, 11) is 0. The molecule has 0 spiro atoms. The first-order chi connectivity index (χ1) is 12.0. The minimum absolute atomic E-state index is 0.0152. The number of carbonyl (C=O) groups excluding carboxylic acids is 2. The highest BCUT2D eigenvalue weighted by Crippen LogP contribution is 2.24. The largest absolute Gasteiger partial charge is 0.338 e. The molecule has 2 aromatic carbocycles. The third kappa shape index (κ3) is 3.93. The third-order valence-corrected chi connectivity index (χ3v) is 4.03. The maximum atomic E-state index is 13.5. The number of amides is 3. The molecule has 0 radical (unpaired) electrons. The van der Waals surface area contributed by atoms with E-state index in [0.29, 0.717) is 13.0 Å². The number of urea groups is 1. The average Bonchev–Trinajstić information content (AvgIpc) is 2.98. The van der Waals surface area contributed by atoms with Crippen molar-refractivity contribution in [1.29, 1.82) is 0 Å². The minimum Gasteiger partial charge on any atom is -0.338 e. The van der Waals surface area contributed by atoms with Crippen LogP contribution in [0.25, 0.3) is 0 Å². The molecule has 0 aliphatic carbocycles. The fraction of sp³-hybridized carbons (Fsp3) is 0.222. The summed E-state index contributed by atoms with van der Waals surface area (Å²) in [6.07, 6.45) is 0.309. The van der Waals surface area contributed by atoms with Gasteiger partial charge in [-0.15, -0.1) is 0 Å². The summed E-state index contributed by atoms with van der Waals surface area (Å²) in [6, 6.07) is 11.9. The van der Waals surface area contributed by atoms with Crippen LogP contribution in [0.15, 0.2) is 48.5 Å². The number of carbonyl (C=O) groups is 2. The molecule has 1 aliphatic heterocycles. The van der Waals surface area contributed by atoms with Gasteiger partial charge in [-0.3, -0.25) is 4.79 Å². The second-order valence-electron chi connectivity index (χ2n) is 5.84. The van der Waals surface area contributed by atoms with Gasteiger partial charge in [-0.2, -0.15) is 0 Å². The molecule has 2 N–H and O–H groups in total. The molecule has 1 aliphatic rings. The zero-order chi connectivity index (χ0) is 17.8. The molecule has 1 fully saturated rings. The number of nitrogens with zero attached hydrogens (tertiary/aromatic N) is 1. The summed E-state index contributed by atoms with van der Waals surface area (Å²) in [6.45, 7) is 0.716. The van der Waals surface area contributed by atoms with Gasteiger partial charge in [0.25, 0.3) is 0 Å². The van der Waals surface area contributed by atoms with E-state index in [9.17, 15) is 18.4 Å². The fourth-order valence-electron chi connectivity index (χ4n) is 2.79. The molecule has 0 aromatic heterocycles. The lowest BCUT2D eigenvalue weighted by Gasteiger charge is -2.17. The zero-order valence-corrected chi connectivity index (χ0v) is 13.3. The summed E-state index contributed by atoms with van der Waals surface area (Å²) >= 11 is 0. The summed E-state index contributed by atoms with van der Waals surface area (Å²) in [5.41, 5.74) is 0.321. The standard InChI is InChI=1S/C18H17F2N3O2/c19-14-7-4-8-15(20)17(14)22-18(25)21-10-12-9-16(24)23(11-12)13-5-2-1-3-6-13/h1-8,12H,9-11H2,(H2,21,22,25). The number of hydrogen-bond donors (Lipinski definition) is 2. The summed E-state index contributed by atoms with van der Waals surface area (Å²) < 4.78 is 27.0. The SMILES string of the molecule is O=C(NCC1CC(=O)N(c2ccccc2)C1)Nc1c(F)cccc1F. The molecule has 1 atom stereocenters. The van der Waals surface area contributed by atoms with E-state index in [2.05, 4.69) is 10.6 Å². The Bertz CT molecular complexity index is 763. The number of para-hydroxylation sites is 2. The Kier molecular flexibility index (Phi) is 4.92. The van der Waals surface area contributed by atoms with Gasteiger partial charge in [0, 0.05) is 31.1 Å². The van der Waals surface area contributed by atoms with Gasteiger partial charge in [0.1, 0.15) is 17.3 Å². The minimum atomic E-state index is -0.846. The Balaban J connectivity index is 1.54. The van der Waals surface area contributed by atoms with Crippen LogP contribution < -0.4 is 15.5 Å². The van der Waals surface area contributed by atoms with Gasteiger partial charge >= 0.3 is 6.03 Å². The Labute approximate surface area is 143 Å². The molecule has 0 bridgehead atoms. The maximum Gasteiger partial charge on any atom is 0.319 e. The molecule has 3 amide bonds. The third-order valence-electron chi connectivity index (χ3n) is 4.03. The number of nitrogens with one attached hydrogen (secondary N) is 2. The molecule has 5 nitrogen and oxygen atoms in total. The lowest BCUT2D eigenvalue weighted by molar-refractivity contribution is -0.117. The smallest absolute Gasteiger partial charge is 0.319 e. The van der Waals surface area contributed by atoms with Crippen molar-refractivity contribution in [1.82, 2.24) is 5.32 Å². The normalized spacial score (nSPS) is 16.8. The molecule has 7 heteroatoms. The first kappa shape index (κ1) is 16.9. The molecule has 1 unspecified atom stereocenters. The average molecular weight is 345 g/mol. The van der Waals surface area contributed by atoms with Gasteiger partial charge in [0.2, 0.25) is 5.91 Å². The highest BCUT2D eigenvalue weighted by Gasteiger charge is 2.30. The Morgan fingerprint density at radius 3 is 2.44 bits per heavy atom. The Morgan fingerprint density at radius 1 is 1.08 bits per heavy atom. The molecular formula is C18H17F2N3O2.